The summed E-state index contributed by atoms with van der Waals surface area (Å²) in [6, 6.07) is 6.59. The molecule has 0 aliphatic carbocycles. The molecule has 3 amide bonds. The fraction of sp³-hybridized carbons (Fsp3) is 0.385. The zero-order valence-electron chi connectivity index (χ0n) is 11.1. The van der Waals surface area contributed by atoms with E-state index in [2.05, 4.69) is 10.6 Å². The Morgan fingerprint density at radius 1 is 1.37 bits per heavy atom. The van der Waals surface area contributed by atoms with Crippen molar-refractivity contribution in [2.75, 3.05) is 24.1 Å². The lowest BCUT2D eigenvalue weighted by atomic mass is 9.99. The summed E-state index contributed by atoms with van der Waals surface area (Å²) < 4.78 is 0. The van der Waals surface area contributed by atoms with Crippen LogP contribution >= 0.6 is 0 Å². The molecule has 1 aromatic rings. The van der Waals surface area contributed by atoms with Gasteiger partial charge in [0, 0.05) is 24.5 Å². The summed E-state index contributed by atoms with van der Waals surface area (Å²) in [6.45, 7) is 4.41. The first-order valence-corrected chi connectivity index (χ1v) is 6.14. The molecule has 0 bridgehead atoms. The van der Waals surface area contributed by atoms with E-state index in [0.717, 1.165) is 0 Å². The lowest BCUT2D eigenvalue weighted by molar-refractivity contribution is -0.132. The molecule has 102 valence electrons. The van der Waals surface area contributed by atoms with E-state index in [4.69, 9.17) is 5.73 Å². The highest BCUT2D eigenvalue weighted by atomic mass is 16.2. The van der Waals surface area contributed by atoms with Gasteiger partial charge in [-0.1, -0.05) is 0 Å². The first-order valence-electron chi connectivity index (χ1n) is 6.14. The number of amides is 3. The third kappa shape index (κ3) is 2.62. The first-order chi connectivity index (χ1) is 8.91. The molecule has 0 spiro atoms. The molecule has 0 saturated carbocycles. The normalized spacial score (nSPS) is 17.8. The van der Waals surface area contributed by atoms with Gasteiger partial charge < -0.3 is 21.3 Å². The summed E-state index contributed by atoms with van der Waals surface area (Å²) in [5.41, 5.74) is 6.02. The average molecular weight is 262 g/mol. The predicted molar refractivity (Wildman–Crippen MR) is 73.7 cm³/mol. The average Bonchev–Trinajstić information content (AvgIpc) is 2.35. The molecular formula is C13H18N4O2. The Morgan fingerprint density at radius 3 is 2.63 bits per heavy atom. The summed E-state index contributed by atoms with van der Waals surface area (Å²) in [5.74, 6) is -0.147. The van der Waals surface area contributed by atoms with E-state index in [0.29, 0.717) is 24.5 Å². The van der Waals surface area contributed by atoms with Crippen LogP contribution in [0.4, 0.5) is 16.2 Å². The van der Waals surface area contributed by atoms with Gasteiger partial charge in [-0.3, -0.25) is 4.79 Å². The Balaban J connectivity index is 2.11. The number of nitrogens with one attached hydrogen (secondary N) is 2. The predicted octanol–water partition coefficient (Wildman–Crippen LogP) is 1.01. The summed E-state index contributed by atoms with van der Waals surface area (Å²) in [4.78, 5) is 25.5. The van der Waals surface area contributed by atoms with Gasteiger partial charge in [0.25, 0.3) is 0 Å². The molecule has 1 saturated heterocycles. The van der Waals surface area contributed by atoms with Gasteiger partial charge in [0.05, 0.1) is 0 Å². The van der Waals surface area contributed by atoms with Crippen molar-refractivity contribution >= 4 is 23.3 Å². The lowest BCUT2D eigenvalue weighted by Gasteiger charge is -2.40. The summed E-state index contributed by atoms with van der Waals surface area (Å²) in [5, 5.41) is 5.52. The molecule has 0 unspecified atom stereocenters. The third-order valence-corrected chi connectivity index (χ3v) is 3.26. The van der Waals surface area contributed by atoms with Crippen LogP contribution in [0.1, 0.15) is 13.8 Å². The Hall–Kier alpha value is -2.24. The number of nitrogens with two attached hydrogens (primary N) is 1. The molecule has 2 rings (SSSR count). The largest absolute Gasteiger partial charge is 0.399 e. The van der Waals surface area contributed by atoms with Gasteiger partial charge in [-0.05, 0) is 38.1 Å². The molecule has 1 heterocycles. The first kappa shape index (κ1) is 13.2. The number of carbonyl (C=O) groups excluding carboxylic acids is 2. The number of urea groups is 1. The number of nitrogen functional groups attached to an aromatic ring is 1. The van der Waals surface area contributed by atoms with Crippen molar-refractivity contribution in [3.8, 4) is 0 Å². The molecule has 19 heavy (non-hydrogen) atoms. The maximum absolute atomic E-state index is 12.2. The van der Waals surface area contributed by atoms with E-state index in [1.54, 1.807) is 38.1 Å². The topological polar surface area (TPSA) is 87.5 Å². The van der Waals surface area contributed by atoms with E-state index in [1.807, 2.05) is 0 Å². The number of piperazine rings is 1. The van der Waals surface area contributed by atoms with Gasteiger partial charge in [-0.25, -0.2) is 4.79 Å². The maximum atomic E-state index is 12.2. The van der Waals surface area contributed by atoms with E-state index in [1.165, 1.54) is 4.90 Å². The molecule has 0 radical (unpaired) electrons. The van der Waals surface area contributed by atoms with Crippen LogP contribution in [0.5, 0.6) is 0 Å². The monoisotopic (exact) mass is 262 g/mol. The number of anilines is 2. The summed E-state index contributed by atoms with van der Waals surface area (Å²) >= 11 is 0. The van der Waals surface area contributed by atoms with Crippen molar-refractivity contribution in [3.63, 3.8) is 0 Å². The quantitative estimate of drug-likeness (QED) is 0.660. The minimum atomic E-state index is -0.851. The Bertz CT molecular complexity index is 496. The molecule has 6 nitrogen and oxygen atoms in total. The molecule has 0 aromatic heterocycles. The summed E-state index contributed by atoms with van der Waals surface area (Å²) in [7, 11) is 0. The van der Waals surface area contributed by atoms with Crippen LogP contribution in [0.2, 0.25) is 0 Å². The Morgan fingerprint density at radius 2 is 2.00 bits per heavy atom. The van der Waals surface area contributed by atoms with Crippen molar-refractivity contribution in [1.29, 1.82) is 0 Å². The highest BCUT2D eigenvalue weighted by Crippen LogP contribution is 2.19. The molecule has 6 heteroatoms. The van der Waals surface area contributed by atoms with Gasteiger partial charge in [0.15, 0.2) is 0 Å². The Labute approximate surface area is 112 Å². The number of rotatable bonds is 1. The van der Waals surface area contributed by atoms with Crippen molar-refractivity contribution in [2.24, 2.45) is 0 Å². The number of hydrogen-bond donors (Lipinski definition) is 3. The SMILES string of the molecule is CC1(C)C(=O)NCCN1C(=O)Nc1ccc(N)cc1. The number of hydrogen-bond acceptors (Lipinski definition) is 3. The van der Waals surface area contributed by atoms with E-state index >= 15 is 0 Å². The van der Waals surface area contributed by atoms with Crippen molar-refractivity contribution < 1.29 is 9.59 Å². The van der Waals surface area contributed by atoms with Crippen LogP contribution in [0.25, 0.3) is 0 Å². The Kier molecular flexibility index (Phi) is 3.33. The smallest absolute Gasteiger partial charge is 0.322 e. The van der Waals surface area contributed by atoms with Gasteiger partial charge in [-0.2, -0.15) is 0 Å². The molecule has 1 aromatic carbocycles. The minimum Gasteiger partial charge on any atom is -0.399 e. The number of benzene rings is 1. The van der Waals surface area contributed by atoms with E-state index in [9.17, 15) is 9.59 Å². The standard InChI is InChI=1S/C13H18N4O2/c1-13(2)11(18)15-7-8-17(13)12(19)16-10-5-3-9(14)4-6-10/h3-6H,7-8,14H2,1-2H3,(H,15,18)(H,16,19). The minimum absolute atomic E-state index is 0.147. The zero-order chi connectivity index (χ0) is 14.0. The molecule has 1 fully saturated rings. The van der Waals surface area contributed by atoms with Crippen molar-refractivity contribution in [2.45, 2.75) is 19.4 Å². The maximum Gasteiger partial charge on any atom is 0.322 e. The molecule has 1 aliphatic rings. The number of nitrogens with zero attached hydrogens (tertiary/aromatic N) is 1. The van der Waals surface area contributed by atoms with Gasteiger partial charge >= 0.3 is 6.03 Å². The van der Waals surface area contributed by atoms with Gasteiger partial charge in [-0.15, -0.1) is 0 Å². The molecular weight excluding hydrogens is 244 g/mol. The van der Waals surface area contributed by atoms with Gasteiger partial charge in [0.1, 0.15) is 5.54 Å². The third-order valence-electron chi connectivity index (χ3n) is 3.26. The fourth-order valence-electron chi connectivity index (χ4n) is 2.01. The number of carbonyl (C=O) groups is 2. The van der Waals surface area contributed by atoms with Crippen LogP contribution < -0.4 is 16.4 Å². The fourth-order valence-corrected chi connectivity index (χ4v) is 2.01. The summed E-state index contributed by atoms with van der Waals surface area (Å²) in [6.07, 6.45) is 0. The second-order valence-corrected chi connectivity index (χ2v) is 5.02. The van der Waals surface area contributed by atoms with Crippen molar-refractivity contribution in [3.05, 3.63) is 24.3 Å². The highest BCUT2D eigenvalue weighted by molar-refractivity contribution is 5.96. The van der Waals surface area contributed by atoms with E-state index < -0.39 is 5.54 Å². The lowest BCUT2D eigenvalue weighted by Crippen LogP contribution is -2.64. The molecule has 1 aliphatic heterocycles. The van der Waals surface area contributed by atoms with Crippen LogP contribution in [0.15, 0.2) is 24.3 Å². The van der Waals surface area contributed by atoms with Crippen LogP contribution in [0, 0.1) is 0 Å². The van der Waals surface area contributed by atoms with Crippen LogP contribution in [0.3, 0.4) is 0 Å². The van der Waals surface area contributed by atoms with Gasteiger partial charge in [0.2, 0.25) is 5.91 Å². The van der Waals surface area contributed by atoms with Crippen molar-refractivity contribution in [1.82, 2.24) is 10.2 Å². The highest BCUT2D eigenvalue weighted by Gasteiger charge is 2.40. The molecule has 0 atom stereocenters. The van der Waals surface area contributed by atoms with Crippen LogP contribution in [-0.4, -0.2) is 35.5 Å². The second kappa shape index (κ2) is 4.79. The molecule has 4 N–H and O–H groups in total. The van der Waals surface area contributed by atoms with E-state index in [-0.39, 0.29) is 11.9 Å². The zero-order valence-corrected chi connectivity index (χ0v) is 11.1. The van der Waals surface area contributed by atoms with Crippen LogP contribution in [-0.2, 0) is 4.79 Å². The second-order valence-electron chi connectivity index (χ2n) is 5.02.